The van der Waals surface area contributed by atoms with Crippen molar-refractivity contribution in [3.63, 3.8) is 0 Å². The molecule has 0 N–H and O–H groups in total. The summed E-state index contributed by atoms with van der Waals surface area (Å²) in [4.78, 5) is 17.3. The molecule has 6 nitrogen and oxygen atoms in total. The summed E-state index contributed by atoms with van der Waals surface area (Å²) in [5, 5.41) is 0. The third kappa shape index (κ3) is 5.76. The van der Waals surface area contributed by atoms with Gasteiger partial charge in [-0.05, 0) is 25.1 Å². The van der Waals surface area contributed by atoms with Gasteiger partial charge in [-0.2, -0.15) is 0 Å². The standard InChI is InChI=1S/C21H34N2O4/c1-5-6-7-8-9-10-22-11-13-23(14-12-22)21(24)17-15-18(25-2)20(27-4)19(16-17)26-3/h15-16H,5-14H2,1-4H3. The van der Waals surface area contributed by atoms with Crippen LogP contribution >= 0.6 is 0 Å². The Labute approximate surface area is 163 Å². The maximum absolute atomic E-state index is 12.9. The van der Waals surface area contributed by atoms with E-state index in [9.17, 15) is 4.79 Å². The van der Waals surface area contributed by atoms with Gasteiger partial charge in [0.05, 0.1) is 21.3 Å². The van der Waals surface area contributed by atoms with E-state index in [0.717, 1.165) is 32.7 Å². The van der Waals surface area contributed by atoms with Crippen molar-refractivity contribution in [2.45, 2.75) is 39.0 Å². The molecule has 1 aliphatic rings. The van der Waals surface area contributed by atoms with E-state index < -0.39 is 0 Å². The van der Waals surface area contributed by atoms with Gasteiger partial charge in [0.15, 0.2) is 11.5 Å². The number of hydrogen-bond donors (Lipinski definition) is 0. The Bertz CT molecular complexity index is 573. The van der Waals surface area contributed by atoms with Crippen molar-refractivity contribution in [2.24, 2.45) is 0 Å². The zero-order chi connectivity index (χ0) is 19.6. The van der Waals surface area contributed by atoms with Gasteiger partial charge in [-0.15, -0.1) is 0 Å². The molecule has 1 aromatic rings. The number of benzene rings is 1. The smallest absolute Gasteiger partial charge is 0.254 e. The lowest BCUT2D eigenvalue weighted by molar-refractivity contribution is 0.0634. The number of ether oxygens (including phenoxy) is 3. The van der Waals surface area contributed by atoms with Gasteiger partial charge in [-0.1, -0.05) is 32.6 Å². The summed E-state index contributed by atoms with van der Waals surface area (Å²) in [6.07, 6.45) is 6.49. The Kier molecular flexibility index (Phi) is 8.72. The molecule has 1 fully saturated rings. The Morgan fingerprint density at radius 2 is 1.48 bits per heavy atom. The molecule has 0 radical (unpaired) electrons. The normalized spacial score (nSPS) is 14.9. The number of unbranched alkanes of at least 4 members (excludes halogenated alkanes) is 4. The zero-order valence-electron chi connectivity index (χ0n) is 17.3. The van der Waals surface area contributed by atoms with E-state index >= 15 is 0 Å². The maximum Gasteiger partial charge on any atom is 0.254 e. The minimum absolute atomic E-state index is 0.0110. The SMILES string of the molecule is CCCCCCCN1CCN(C(=O)c2cc(OC)c(OC)c(OC)c2)CC1. The Hall–Kier alpha value is -1.95. The van der Waals surface area contributed by atoms with Crippen LogP contribution in [-0.4, -0.2) is 69.8 Å². The maximum atomic E-state index is 12.9. The van der Waals surface area contributed by atoms with Crippen molar-refractivity contribution < 1.29 is 19.0 Å². The topological polar surface area (TPSA) is 51.2 Å². The fourth-order valence-corrected chi connectivity index (χ4v) is 3.50. The molecule has 27 heavy (non-hydrogen) atoms. The van der Waals surface area contributed by atoms with Crippen LogP contribution in [0.15, 0.2) is 12.1 Å². The Balaban J connectivity index is 1.92. The van der Waals surface area contributed by atoms with Crippen LogP contribution in [0.25, 0.3) is 0 Å². The van der Waals surface area contributed by atoms with E-state index in [4.69, 9.17) is 14.2 Å². The van der Waals surface area contributed by atoms with Gasteiger partial charge in [-0.3, -0.25) is 9.69 Å². The molecule has 1 aromatic carbocycles. The average Bonchev–Trinajstić information content (AvgIpc) is 2.72. The summed E-state index contributed by atoms with van der Waals surface area (Å²) in [5.41, 5.74) is 0.567. The predicted molar refractivity (Wildman–Crippen MR) is 107 cm³/mol. The van der Waals surface area contributed by atoms with E-state index in [1.807, 2.05) is 4.90 Å². The molecule has 0 unspecified atom stereocenters. The van der Waals surface area contributed by atoms with E-state index in [-0.39, 0.29) is 5.91 Å². The van der Waals surface area contributed by atoms with Crippen LogP contribution in [0.3, 0.4) is 0 Å². The molecule has 0 aliphatic carbocycles. The van der Waals surface area contributed by atoms with Gasteiger partial charge < -0.3 is 19.1 Å². The quantitative estimate of drug-likeness (QED) is 0.584. The number of methoxy groups -OCH3 is 3. The molecule has 1 amide bonds. The summed E-state index contributed by atoms with van der Waals surface area (Å²) in [7, 11) is 4.68. The van der Waals surface area contributed by atoms with Crippen molar-refractivity contribution in [1.82, 2.24) is 9.80 Å². The molecular formula is C21H34N2O4. The van der Waals surface area contributed by atoms with Crippen LogP contribution in [0.4, 0.5) is 0 Å². The molecule has 1 saturated heterocycles. The second-order valence-corrected chi connectivity index (χ2v) is 6.96. The van der Waals surface area contributed by atoms with E-state index in [1.54, 1.807) is 33.5 Å². The number of nitrogens with zero attached hydrogens (tertiary/aromatic N) is 2. The predicted octanol–water partition coefficient (Wildman–Crippen LogP) is 3.44. The van der Waals surface area contributed by atoms with Crippen LogP contribution in [0, 0.1) is 0 Å². The lowest BCUT2D eigenvalue weighted by Gasteiger charge is -2.35. The summed E-state index contributed by atoms with van der Waals surface area (Å²) in [6, 6.07) is 3.45. The zero-order valence-corrected chi connectivity index (χ0v) is 17.3. The number of hydrogen-bond acceptors (Lipinski definition) is 5. The molecule has 152 valence electrons. The minimum atomic E-state index is 0.0110. The van der Waals surface area contributed by atoms with E-state index in [1.165, 1.54) is 32.1 Å². The van der Waals surface area contributed by atoms with Crippen molar-refractivity contribution in [3.05, 3.63) is 17.7 Å². The molecule has 0 atom stereocenters. The number of carbonyl (C=O) groups excluding carboxylic acids is 1. The molecular weight excluding hydrogens is 344 g/mol. The van der Waals surface area contributed by atoms with Crippen molar-refractivity contribution in [2.75, 3.05) is 54.1 Å². The molecule has 0 spiro atoms. The van der Waals surface area contributed by atoms with Gasteiger partial charge >= 0.3 is 0 Å². The average molecular weight is 379 g/mol. The van der Waals surface area contributed by atoms with Gasteiger partial charge in [0.25, 0.3) is 5.91 Å². The molecule has 1 heterocycles. The monoisotopic (exact) mass is 378 g/mol. The van der Waals surface area contributed by atoms with E-state index in [2.05, 4.69) is 11.8 Å². The van der Waals surface area contributed by atoms with Gasteiger partial charge in [0.2, 0.25) is 5.75 Å². The second-order valence-electron chi connectivity index (χ2n) is 6.96. The van der Waals surface area contributed by atoms with Crippen molar-refractivity contribution >= 4 is 5.91 Å². The molecule has 6 heteroatoms. The number of amides is 1. The van der Waals surface area contributed by atoms with Crippen LogP contribution in [0.2, 0.25) is 0 Å². The van der Waals surface area contributed by atoms with Crippen molar-refractivity contribution in [3.8, 4) is 17.2 Å². The fourth-order valence-electron chi connectivity index (χ4n) is 3.50. The first-order chi connectivity index (χ1) is 13.1. The fraction of sp³-hybridized carbons (Fsp3) is 0.667. The number of carbonyl (C=O) groups is 1. The van der Waals surface area contributed by atoms with Gasteiger partial charge in [0.1, 0.15) is 0 Å². The van der Waals surface area contributed by atoms with Crippen LogP contribution in [0.1, 0.15) is 49.4 Å². The first-order valence-electron chi connectivity index (χ1n) is 9.96. The van der Waals surface area contributed by atoms with Crippen molar-refractivity contribution in [1.29, 1.82) is 0 Å². The second kappa shape index (κ2) is 11.0. The highest BCUT2D eigenvalue weighted by Crippen LogP contribution is 2.38. The van der Waals surface area contributed by atoms with Crippen LogP contribution < -0.4 is 14.2 Å². The largest absolute Gasteiger partial charge is 0.493 e. The highest BCUT2D eigenvalue weighted by Gasteiger charge is 2.24. The Morgan fingerprint density at radius 1 is 0.889 bits per heavy atom. The first kappa shape index (κ1) is 21.4. The molecule has 1 aliphatic heterocycles. The molecule has 0 aromatic heterocycles. The molecule has 2 rings (SSSR count). The highest BCUT2D eigenvalue weighted by molar-refractivity contribution is 5.95. The van der Waals surface area contributed by atoms with Crippen LogP contribution in [-0.2, 0) is 0 Å². The lowest BCUT2D eigenvalue weighted by Crippen LogP contribution is -2.48. The third-order valence-electron chi connectivity index (χ3n) is 5.15. The van der Waals surface area contributed by atoms with Gasteiger partial charge in [-0.25, -0.2) is 0 Å². The summed E-state index contributed by atoms with van der Waals surface area (Å²) in [5.74, 6) is 1.53. The third-order valence-corrected chi connectivity index (χ3v) is 5.15. The van der Waals surface area contributed by atoms with E-state index in [0.29, 0.717) is 22.8 Å². The highest BCUT2D eigenvalue weighted by atomic mass is 16.5. The van der Waals surface area contributed by atoms with Crippen LogP contribution in [0.5, 0.6) is 17.2 Å². The number of rotatable bonds is 10. The summed E-state index contributed by atoms with van der Waals surface area (Å²) >= 11 is 0. The summed E-state index contributed by atoms with van der Waals surface area (Å²) < 4.78 is 16.1. The Morgan fingerprint density at radius 3 is 2.00 bits per heavy atom. The summed E-state index contributed by atoms with van der Waals surface area (Å²) in [6.45, 7) is 6.75. The molecule has 0 bridgehead atoms. The molecule has 0 saturated carbocycles. The first-order valence-corrected chi connectivity index (χ1v) is 9.96. The van der Waals surface area contributed by atoms with Gasteiger partial charge in [0, 0.05) is 31.7 Å². The minimum Gasteiger partial charge on any atom is -0.493 e. The number of piperazine rings is 1. The lowest BCUT2D eigenvalue weighted by atomic mass is 10.1.